The molecule has 1 aromatic carbocycles. The molecule has 0 radical (unpaired) electrons. The molecule has 1 N–H and O–H groups in total. The first-order chi connectivity index (χ1) is 7.15. The molecule has 0 aliphatic rings. The second kappa shape index (κ2) is 5.66. The summed E-state index contributed by atoms with van der Waals surface area (Å²) in [6.07, 6.45) is -2.33. The van der Waals surface area contributed by atoms with E-state index in [1.54, 1.807) is 7.11 Å². The van der Waals surface area contributed by atoms with E-state index in [0.717, 1.165) is 5.56 Å². The third kappa shape index (κ3) is 3.47. The molecular weight excluding hydrogens is 200 g/mol. The van der Waals surface area contributed by atoms with Gasteiger partial charge in [-0.2, -0.15) is 0 Å². The van der Waals surface area contributed by atoms with Crippen LogP contribution in [0.1, 0.15) is 18.5 Å². The molecule has 0 aliphatic carbocycles. The Morgan fingerprint density at radius 3 is 2.60 bits per heavy atom. The van der Waals surface area contributed by atoms with Gasteiger partial charge in [-0.1, -0.05) is 18.2 Å². The summed E-state index contributed by atoms with van der Waals surface area (Å²) in [5, 5.41) is 2.74. The molecule has 0 saturated heterocycles. The Kier molecular flexibility index (Phi) is 4.49. The number of alkyl halides is 2. The van der Waals surface area contributed by atoms with Crippen LogP contribution in [0.4, 0.5) is 8.78 Å². The van der Waals surface area contributed by atoms with Crippen molar-refractivity contribution in [1.82, 2.24) is 5.32 Å². The predicted molar refractivity (Wildman–Crippen MR) is 55.4 cm³/mol. The molecule has 0 spiro atoms. The summed E-state index contributed by atoms with van der Waals surface area (Å²) in [5.74, 6) is 0.715. The summed E-state index contributed by atoms with van der Waals surface area (Å²) in [7, 11) is 1.57. The molecule has 1 atom stereocenters. The van der Waals surface area contributed by atoms with E-state index in [2.05, 4.69) is 5.32 Å². The average molecular weight is 215 g/mol. The molecule has 1 rings (SSSR count). The summed E-state index contributed by atoms with van der Waals surface area (Å²) in [6, 6.07) is 7.24. The number of para-hydroxylation sites is 1. The number of halogens is 2. The third-order valence-corrected chi connectivity index (χ3v) is 2.18. The van der Waals surface area contributed by atoms with Gasteiger partial charge in [0.2, 0.25) is 0 Å². The second-order valence-electron chi connectivity index (χ2n) is 3.26. The standard InChI is InChI=1S/C11H15F2NO/c1-8(14-7-11(12)13)9-5-3-4-6-10(9)15-2/h3-6,8,11,14H,7H2,1-2H3. The van der Waals surface area contributed by atoms with Crippen molar-refractivity contribution in [1.29, 1.82) is 0 Å². The lowest BCUT2D eigenvalue weighted by Crippen LogP contribution is -2.24. The maximum Gasteiger partial charge on any atom is 0.250 e. The fourth-order valence-corrected chi connectivity index (χ4v) is 1.40. The lowest BCUT2D eigenvalue weighted by atomic mass is 10.1. The lowest BCUT2D eigenvalue weighted by Gasteiger charge is -2.16. The molecule has 0 saturated carbocycles. The molecule has 0 aliphatic heterocycles. The van der Waals surface area contributed by atoms with Crippen LogP contribution in [0.15, 0.2) is 24.3 Å². The Labute approximate surface area is 88.3 Å². The van der Waals surface area contributed by atoms with E-state index >= 15 is 0 Å². The molecule has 1 aromatic rings. The van der Waals surface area contributed by atoms with Crippen molar-refractivity contribution >= 4 is 0 Å². The smallest absolute Gasteiger partial charge is 0.250 e. The van der Waals surface area contributed by atoms with Crippen molar-refractivity contribution in [2.24, 2.45) is 0 Å². The minimum Gasteiger partial charge on any atom is -0.496 e. The van der Waals surface area contributed by atoms with Crippen molar-refractivity contribution in [3.8, 4) is 5.75 Å². The van der Waals surface area contributed by atoms with E-state index in [0.29, 0.717) is 5.75 Å². The normalized spacial score (nSPS) is 12.9. The van der Waals surface area contributed by atoms with Gasteiger partial charge in [-0.25, -0.2) is 8.78 Å². The minimum absolute atomic E-state index is 0.143. The van der Waals surface area contributed by atoms with E-state index in [1.165, 1.54) is 0 Å². The van der Waals surface area contributed by atoms with Gasteiger partial charge in [0, 0.05) is 11.6 Å². The number of nitrogens with one attached hydrogen (secondary N) is 1. The summed E-state index contributed by atoms with van der Waals surface area (Å²) < 4.78 is 29.1. The van der Waals surface area contributed by atoms with Crippen LogP contribution in [0.25, 0.3) is 0 Å². The summed E-state index contributed by atoms with van der Waals surface area (Å²) >= 11 is 0. The molecule has 0 heterocycles. The zero-order valence-corrected chi connectivity index (χ0v) is 8.84. The van der Waals surface area contributed by atoms with E-state index in [4.69, 9.17) is 4.74 Å². The number of benzene rings is 1. The van der Waals surface area contributed by atoms with Gasteiger partial charge >= 0.3 is 0 Å². The number of hydrogen-bond donors (Lipinski definition) is 1. The van der Waals surface area contributed by atoms with Crippen LogP contribution in [0.3, 0.4) is 0 Å². The topological polar surface area (TPSA) is 21.3 Å². The number of hydrogen-bond acceptors (Lipinski definition) is 2. The Bertz CT molecular complexity index is 304. The monoisotopic (exact) mass is 215 g/mol. The molecule has 0 fully saturated rings. The number of ether oxygens (including phenoxy) is 1. The van der Waals surface area contributed by atoms with Crippen molar-refractivity contribution < 1.29 is 13.5 Å². The first-order valence-electron chi connectivity index (χ1n) is 4.79. The van der Waals surface area contributed by atoms with Crippen LogP contribution in [0.5, 0.6) is 5.75 Å². The Morgan fingerprint density at radius 2 is 2.00 bits per heavy atom. The molecule has 0 aromatic heterocycles. The summed E-state index contributed by atoms with van der Waals surface area (Å²) in [6.45, 7) is 1.53. The zero-order chi connectivity index (χ0) is 11.3. The highest BCUT2D eigenvalue weighted by Crippen LogP contribution is 2.24. The zero-order valence-electron chi connectivity index (χ0n) is 8.84. The predicted octanol–water partition coefficient (Wildman–Crippen LogP) is 2.61. The summed E-state index contributed by atoms with van der Waals surface area (Å²) in [5.41, 5.74) is 0.889. The maximum absolute atomic E-state index is 12.0. The fraction of sp³-hybridized carbons (Fsp3) is 0.455. The van der Waals surface area contributed by atoms with Gasteiger partial charge < -0.3 is 10.1 Å². The van der Waals surface area contributed by atoms with E-state index in [1.807, 2.05) is 31.2 Å². The molecule has 0 amide bonds. The van der Waals surface area contributed by atoms with Crippen molar-refractivity contribution in [2.45, 2.75) is 19.4 Å². The second-order valence-corrected chi connectivity index (χ2v) is 3.26. The molecule has 2 nitrogen and oxygen atoms in total. The quantitative estimate of drug-likeness (QED) is 0.815. The highest BCUT2D eigenvalue weighted by Gasteiger charge is 2.11. The molecule has 84 valence electrons. The number of methoxy groups -OCH3 is 1. The highest BCUT2D eigenvalue weighted by atomic mass is 19.3. The van der Waals surface area contributed by atoms with Gasteiger partial charge in [-0.15, -0.1) is 0 Å². The van der Waals surface area contributed by atoms with Gasteiger partial charge in [0.1, 0.15) is 5.75 Å². The first kappa shape index (κ1) is 11.9. The van der Waals surface area contributed by atoms with Gasteiger partial charge in [-0.3, -0.25) is 0 Å². The Morgan fingerprint density at radius 1 is 1.33 bits per heavy atom. The largest absolute Gasteiger partial charge is 0.496 e. The SMILES string of the molecule is COc1ccccc1C(C)NCC(F)F. The average Bonchev–Trinajstić information content (AvgIpc) is 2.25. The number of rotatable bonds is 5. The minimum atomic E-state index is -2.33. The van der Waals surface area contributed by atoms with Gasteiger partial charge in [0.05, 0.1) is 13.7 Å². The van der Waals surface area contributed by atoms with Crippen molar-refractivity contribution in [3.63, 3.8) is 0 Å². The molecule has 1 unspecified atom stereocenters. The van der Waals surface area contributed by atoms with Gasteiger partial charge in [0.25, 0.3) is 6.43 Å². The van der Waals surface area contributed by atoms with Gasteiger partial charge in [0.15, 0.2) is 0 Å². The summed E-state index contributed by atoms with van der Waals surface area (Å²) in [4.78, 5) is 0. The van der Waals surface area contributed by atoms with Crippen LogP contribution in [0, 0.1) is 0 Å². The molecule has 0 bridgehead atoms. The fourth-order valence-electron chi connectivity index (χ4n) is 1.40. The van der Waals surface area contributed by atoms with E-state index in [9.17, 15) is 8.78 Å². The van der Waals surface area contributed by atoms with Crippen molar-refractivity contribution in [2.75, 3.05) is 13.7 Å². The highest BCUT2D eigenvalue weighted by molar-refractivity contribution is 5.35. The Hall–Kier alpha value is -1.16. The maximum atomic E-state index is 12.0. The Balaban J connectivity index is 2.68. The van der Waals surface area contributed by atoms with E-state index < -0.39 is 6.43 Å². The van der Waals surface area contributed by atoms with Crippen LogP contribution in [0.2, 0.25) is 0 Å². The van der Waals surface area contributed by atoms with Crippen LogP contribution < -0.4 is 10.1 Å². The van der Waals surface area contributed by atoms with Crippen LogP contribution in [-0.4, -0.2) is 20.1 Å². The first-order valence-corrected chi connectivity index (χ1v) is 4.79. The van der Waals surface area contributed by atoms with Gasteiger partial charge in [-0.05, 0) is 13.0 Å². The lowest BCUT2D eigenvalue weighted by molar-refractivity contribution is 0.142. The van der Waals surface area contributed by atoms with E-state index in [-0.39, 0.29) is 12.6 Å². The van der Waals surface area contributed by atoms with Crippen LogP contribution >= 0.6 is 0 Å². The molecular formula is C11H15F2NO. The molecule has 4 heteroatoms. The van der Waals surface area contributed by atoms with Crippen LogP contribution in [-0.2, 0) is 0 Å². The van der Waals surface area contributed by atoms with Crippen molar-refractivity contribution in [3.05, 3.63) is 29.8 Å². The third-order valence-electron chi connectivity index (χ3n) is 2.18. The molecule has 15 heavy (non-hydrogen) atoms.